The highest BCUT2D eigenvalue weighted by atomic mass is 16.5. The highest BCUT2D eigenvalue weighted by Crippen LogP contribution is 2.13. The number of benzene rings is 2. The summed E-state index contributed by atoms with van der Waals surface area (Å²) in [6, 6.07) is 14.4. The third kappa shape index (κ3) is 5.84. The maximum atomic E-state index is 12.0. The van der Waals surface area contributed by atoms with Crippen molar-refractivity contribution >= 4 is 17.5 Å². The van der Waals surface area contributed by atoms with E-state index in [0.717, 1.165) is 5.56 Å². The van der Waals surface area contributed by atoms with Crippen LogP contribution >= 0.6 is 0 Å². The molecular weight excluding hydrogens is 318 g/mol. The quantitative estimate of drug-likeness (QED) is 0.504. The Hall–Kier alpha value is -3.02. The van der Waals surface area contributed by atoms with Crippen LogP contribution in [-0.2, 0) is 11.2 Å². The van der Waals surface area contributed by atoms with E-state index in [1.807, 2.05) is 24.3 Å². The summed E-state index contributed by atoms with van der Waals surface area (Å²) in [6.07, 6.45) is 0.951. The van der Waals surface area contributed by atoms with E-state index in [2.05, 4.69) is 10.6 Å². The predicted molar refractivity (Wildman–Crippen MR) is 97.5 cm³/mol. The van der Waals surface area contributed by atoms with Crippen molar-refractivity contribution in [3.05, 3.63) is 59.7 Å². The van der Waals surface area contributed by atoms with Crippen molar-refractivity contribution in [1.82, 2.24) is 10.6 Å². The molecule has 0 aliphatic carbocycles. The SMILES string of the molecule is COc1cccc(C(=O)NCCNC(=O)CCc2ccccc2N)c1. The smallest absolute Gasteiger partial charge is 0.251 e. The average molecular weight is 341 g/mol. The Morgan fingerprint density at radius 2 is 1.80 bits per heavy atom. The first-order valence-electron chi connectivity index (χ1n) is 8.12. The summed E-state index contributed by atoms with van der Waals surface area (Å²) in [7, 11) is 1.55. The molecule has 2 aromatic rings. The van der Waals surface area contributed by atoms with Gasteiger partial charge in [0.15, 0.2) is 0 Å². The van der Waals surface area contributed by atoms with Crippen molar-refractivity contribution in [2.75, 3.05) is 25.9 Å². The van der Waals surface area contributed by atoms with Crippen molar-refractivity contribution < 1.29 is 14.3 Å². The summed E-state index contributed by atoms with van der Waals surface area (Å²) >= 11 is 0. The number of nitrogens with one attached hydrogen (secondary N) is 2. The number of methoxy groups -OCH3 is 1. The van der Waals surface area contributed by atoms with E-state index in [0.29, 0.717) is 42.9 Å². The highest BCUT2D eigenvalue weighted by molar-refractivity contribution is 5.94. The zero-order valence-corrected chi connectivity index (χ0v) is 14.2. The number of rotatable bonds is 8. The molecule has 0 saturated heterocycles. The van der Waals surface area contributed by atoms with E-state index in [1.54, 1.807) is 31.4 Å². The molecule has 0 unspecified atom stereocenters. The van der Waals surface area contributed by atoms with Gasteiger partial charge in [0.1, 0.15) is 5.75 Å². The minimum Gasteiger partial charge on any atom is -0.497 e. The van der Waals surface area contributed by atoms with E-state index < -0.39 is 0 Å². The van der Waals surface area contributed by atoms with E-state index in [-0.39, 0.29) is 11.8 Å². The number of nitrogens with two attached hydrogens (primary N) is 1. The number of amides is 2. The van der Waals surface area contributed by atoms with Crippen molar-refractivity contribution in [3.8, 4) is 5.75 Å². The van der Waals surface area contributed by atoms with Crippen LogP contribution < -0.4 is 21.1 Å². The van der Waals surface area contributed by atoms with Crippen LogP contribution in [0.25, 0.3) is 0 Å². The Kier molecular flexibility index (Phi) is 6.83. The molecular formula is C19H23N3O3. The van der Waals surface area contributed by atoms with Gasteiger partial charge in [-0.25, -0.2) is 0 Å². The molecule has 2 amide bonds. The van der Waals surface area contributed by atoms with Gasteiger partial charge in [0, 0.05) is 30.8 Å². The molecule has 0 atom stereocenters. The maximum Gasteiger partial charge on any atom is 0.251 e. The van der Waals surface area contributed by atoms with Crippen molar-refractivity contribution in [2.24, 2.45) is 0 Å². The van der Waals surface area contributed by atoms with Crippen molar-refractivity contribution in [3.63, 3.8) is 0 Å². The fraction of sp³-hybridized carbons (Fsp3) is 0.263. The number of hydrogen-bond donors (Lipinski definition) is 3. The lowest BCUT2D eigenvalue weighted by Crippen LogP contribution is -2.34. The van der Waals surface area contributed by atoms with Gasteiger partial charge in [-0.2, -0.15) is 0 Å². The normalized spacial score (nSPS) is 10.1. The standard InChI is InChI=1S/C19H23N3O3/c1-25-16-7-4-6-15(13-16)19(24)22-12-11-21-18(23)10-9-14-5-2-3-8-17(14)20/h2-8,13H,9-12,20H2,1H3,(H,21,23)(H,22,24). The third-order valence-corrected chi connectivity index (χ3v) is 3.74. The summed E-state index contributed by atoms with van der Waals surface area (Å²) in [5.41, 5.74) is 8.03. The topological polar surface area (TPSA) is 93.5 Å². The molecule has 0 aromatic heterocycles. The largest absolute Gasteiger partial charge is 0.497 e. The Balaban J connectivity index is 1.67. The Morgan fingerprint density at radius 1 is 1.04 bits per heavy atom. The maximum absolute atomic E-state index is 12.0. The fourth-order valence-electron chi connectivity index (χ4n) is 2.34. The number of carbonyl (C=O) groups is 2. The van der Waals surface area contributed by atoms with Crippen molar-refractivity contribution in [2.45, 2.75) is 12.8 Å². The van der Waals surface area contributed by atoms with Gasteiger partial charge in [-0.15, -0.1) is 0 Å². The summed E-state index contributed by atoms with van der Waals surface area (Å²) < 4.78 is 5.09. The molecule has 6 heteroatoms. The molecule has 0 bridgehead atoms. The number of aryl methyl sites for hydroxylation is 1. The van der Waals surface area contributed by atoms with Crippen LogP contribution in [0.15, 0.2) is 48.5 Å². The minimum absolute atomic E-state index is 0.0705. The molecule has 2 rings (SSSR count). The Morgan fingerprint density at radius 3 is 2.56 bits per heavy atom. The Labute approximate surface area is 147 Å². The summed E-state index contributed by atoms with van der Waals surface area (Å²) in [5, 5.41) is 5.54. The highest BCUT2D eigenvalue weighted by Gasteiger charge is 2.07. The molecule has 0 aliphatic heterocycles. The van der Waals surface area contributed by atoms with Crippen LogP contribution in [0.1, 0.15) is 22.3 Å². The van der Waals surface area contributed by atoms with Crippen LogP contribution in [0.2, 0.25) is 0 Å². The monoisotopic (exact) mass is 341 g/mol. The molecule has 0 fully saturated rings. The minimum atomic E-state index is -0.204. The lowest BCUT2D eigenvalue weighted by atomic mass is 10.1. The number of hydrogen-bond acceptors (Lipinski definition) is 4. The number of anilines is 1. The molecule has 0 aliphatic rings. The lowest BCUT2D eigenvalue weighted by Gasteiger charge is -2.09. The van der Waals surface area contributed by atoms with E-state index in [4.69, 9.17) is 10.5 Å². The average Bonchev–Trinajstić information content (AvgIpc) is 2.64. The second kappa shape index (κ2) is 9.32. The van der Waals surface area contributed by atoms with E-state index in [1.165, 1.54) is 0 Å². The summed E-state index contributed by atoms with van der Waals surface area (Å²) in [5.74, 6) is 0.352. The van der Waals surface area contributed by atoms with Gasteiger partial charge in [-0.05, 0) is 36.2 Å². The predicted octanol–water partition coefficient (Wildman–Crippen LogP) is 1.76. The summed E-state index contributed by atoms with van der Waals surface area (Å²) in [4.78, 5) is 23.9. The zero-order valence-electron chi connectivity index (χ0n) is 14.2. The van der Waals surface area contributed by atoms with Crippen LogP contribution in [0.5, 0.6) is 5.75 Å². The third-order valence-electron chi connectivity index (χ3n) is 3.74. The van der Waals surface area contributed by atoms with Crippen LogP contribution in [0, 0.1) is 0 Å². The number of ether oxygens (including phenoxy) is 1. The molecule has 2 aromatic carbocycles. The fourth-order valence-corrected chi connectivity index (χ4v) is 2.34. The number of para-hydroxylation sites is 1. The van der Waals surface area contributed by atoms with Gasteiger partial charge in [0.25, 0.3) is 5.91 Å². The second-order valence-electron chi connectivity index (χ2n) is 5.54. The first kappa shape index (κ1) is 18.3. The second-order valence-corrected chi connectivity index (χ2v) is 5.54. The van der Waals surface area contributed by atoms with Gasteiger partial charge in [-0.1, -0.05) is 24.3 Å². The van der Waals surface area contributed by atoms with E-state index in [9.17, 15) is 9.59 Å². The molecule has 6 nitrogen and oxygen atoms in total. The molecule has 25 heavy (non-hydrogen) atoms. The molecule has 4 N–H and O–H groups in total. The molecule has 0 saturated carbocycles. The van der Waals surface area contributed by atoms with Gasteiger partial charge in [-0.3, -0.25) is 9.59 Å². The molecule has 0 spiro atoms. The summed E-state index contributed by atoms with van der Waals surface area (Å²) in [6.45, 7) is 0.730. The first-order chi connectivity index (χ1) is 12.1. The number of carbonyl (C=O) groups excluding carboxylic acids is 2. The van der Waals surface area contributed by atoms with Gasteiger partial charge >= 0.3 is 0 Å². The van der Waals surface area contributed by atoms with Gasteiger partial charge in [0.2, 0.25) is 5.91 Å². The number of nitrogen functional groups attached to an aromatic ring is 1. The molecule has 132 valence electrons. The lowest BCUT2D eigenvalue weighted by molar-refractivity contribution is -0.121. The zero-order chi connectivity index (χ0) is 18.1. The van der Waals surface area contributed by atoms with Crippen LogP contribution in [0.4, 0.5) is 5.69 Å². The first-order valence-corrected chi connectivity index (χ1v) is 8.12. The van der Waals surface area contributed by atoms with Gasteiger partial charge in [0.05, 0.1) is 7.11 Å². The Bertz CT molecular complexity index is 731. The molecule has 0 heterocycles. The van der Waals surface area contributed by atoms with Crippen LogP contribution in [-0.4, -0.2) is 32.0 Å². The van der Waals surface area contributed by atoms with Crippen molar-refractivity contribution in [1.29, 1.82) is 0 Å². The van der Waals surface area contributed by atoms with E-state index >= 15 is 0 Å². The molecule has 0 radical (unpaired) electrons. The van der Waals surface area contributed by atoms with Gasteiger partial charge < -0.3 is 21.1 Å². The van der Waals surface area contributed by atoms with Crippen LogP contribution in [0.3, 0.4) is 0 Å².